The Bertz CT molecular complexity index is 337. The van der Waals surface area contributed by atoms with Crippen molar-refractivity contribution >= 4 is 23.4 Å². The van der Waals surface area contributed by atoms with Gasteiger partial charge in [0, 0.05) is 15.5 Å². The second-order valence-corrected chi connectivity index (χ2v) is 7.32. The van der Waals surface area contributed by atoms with Gasteiger partial charge in [0.1, 0.15) is 0 Å². The summed E-state index contributed by atoms with van der Waals surface area (Å²) >= 11 is 8.39. The van der Waals surface area contributed by atoms with E-state index in [1.807, 2.05) is 11.8 Å². The zero-order chi connectivity index (χ0) is 12.3. The van der Waals surface area contributed by atoms with Crippen molar-refractivity contribution in [2.45, 2.75) is 55.1 Å². The standard InChI is InChI=1S/C15H21ClS/c1-11(2)9-13(16)7-8-14-10-12-5-3-4-6-15(12)17-14/h3-6,11,13-14H,7-10H2,1-2H3. The van der Waals surface area contributed by atoms with Crippen LogP contribution in [0.15, 0.2) is 29.2 Å². The molecule has 94 valence electrons. The number of alkyl halides is 1. The van der Waals surface area contributed by atoms with Crippen LogP contribution in [0.2, 0.25) is 0 Å². The van der Waals surface area contributed by atoms with Crippen LogP contribution in [0, 0.1) is 5.92 Å². The fourth-order valence-corrected chi connectivity index (χ4v) is 4.23. The molecule has 0 N–H and O–H groups in total. The van der Waals surface area contributed by atoms with Gasteiger partial charge in [0.15, 0.2) is 0 Å². The average molecular weight is 269 g/mol. The Morgan fingerprint density at radius 2 is 2.12 bits per heavy atom. The van der Waals surface area contributed by atoms with E-state index in [-0.39, 0.29) is 0 Å². The van der Waals surface area contributed by atoms with Crippen LogP contribution in [0.4, 0.5) is 0 Å². The fourth-order valence-electron chi connectivity index (χ4n) is 2.41. The van der Waals surface area contributed by atoms with Crippen molar-refractivity contribution in [3.8, 4) is 0 Å². The first-order valence-corrected chi connectivity index (χ1v) is 7.85. The molecule has 0 fully saturated rings. The Morgan fingerprint density at radius 1 is 1.35 bits per heavy atom. The molecular formula is C15H21ClS. The lowest BCUT2D eigenvalue weighted by Gasteiger charge is -2.14. The highest BCUT2D eigenvalue weighted by Crippen LogP contribution is 2.39. The van der Waals surface area contributed by atoms with Crippen molar-refractivity contribution in [1.29, 1.82) is 0 Å². The topological polar surface area (TPSA) is 0 Å². The quantitative estimate of drug-likeness (QED) is 0.667. The summed E-state index contributed by atoms with van der Waals surface area (Å²) in [6.07, 6.45) is 4.78. The summed E-state index contributed by atoms with van der Waals surface area (Å²) in [5, 5.41) is 1.11. The maximum Gasteiger partial charge on any atom is 0.0338 e. The van der Waals surface area contributed by atoms with Gasteiger partial charge in [-0.3, -0.25) is 0 Å². The third-order valence-corrected chi connectivity index (χ3v) is 5.03. The van der Waals surface area contributed by atoms with E-state index in [2.05, 4.69) is 38.1 Å². The van der Waals surface area contributed by atoms with Crippen LogP contribution < -0.4 is 0 Å². The zero-order valence-electron chi connectivity index (χ0n) is 10.7. The normalized spacial score (nSPS) is 20.6. The lowest BCUT2D eigenvalue weighted by molar-refractivity contribution is 0.530. The molecule has 1 aliphatic heterocycles. The lowest BCUT2D eigenvalue weighted by Crippen LogP contribution is -2.08. The van der Waals surface area contributed by atoms with Gasteiger partial charge in [0.05, 0.1) is 0 Å². The molecule has 0 aliphatic carbocycles. The van der Waals surface area contributed by atoms with E-state index >= 15 is 0 Å². The summed E-state index contributed by atoms with van der Waals surface area (Å²) in [7, 11) is 0. The Balaban J connectivity index is 1.76. The fraction of sp³-hybridized carbons (Fsp3) is 0.600. The van der Waals surface area contributed by atoms with Crippen molar-refractivity contribution in [3.63, 3.8) is 0 Å². The highest BCUT2D eigenvalue weighted by molar-refractivity contribution is 8.00. The van der Waals surface area contributed by atoms with Gasteiger partial charge in [-0.15, -0.1) is 23.4 Å². The summed E-state index contributed by atoms with van der Waals surface area (Å²) in [4.78, 5) is 1.48. The number of rotatable bonds is 5. The maximum absolute atomic E-state index is 6.36. The Kier molecular flexibility index (Phi) is 4.81. The number of thioether (sulfide) groups is 1. The number of hydrogen-bond donors (Lipinski definition) is 0. The van der Waals surface area contributed by atoms with E-state index in [0.717, 1.165) is 18.1 Å². The molecule has 0 saturated carbocycles. The van der Waals surface area contributed by atoms with E-state index in [9.17, 15) is 0 Å². The molecule has 0 nitrogen and oxygen atoms in total. The molecule has 0 bridgehead atoms. The van der Waals surface area contributed by atoms with Gasteiger partial charge >= 0.3 is 0 Å². The maximum atomic E-state index is 6.36. The first-order chi connectivity index (χ1) is 8.15. The van der Waals surface area contributed by atoms with Crippen molar-refractivity contribution < 1.29 is 0 Å². The molecule has 17 heavy (non-hydrogen) atoms. The van der Waals surface area contributed by atoms with E-state index < -0.39 is 0 Å². The van der Waals surface area contributed by atoms with Crippen molar-refractivity contribution in [3.05, 3.63) is 29.8 Å². The van der Waals surface area contributed by atoms with E-state index in [1.54, 1.807) is 0 Å². The highest BCUT2D eigenvalue weighted by atomic mass is 35.5. The third kappa shape index (κ3) is 3.93. The minimum absolute atomic E-state index is 0.360. The summed E-state index contributed by atoms with van der Waals surface area (Å²) in [6, 6.07) is 8.78. The first-order valence-electron chi connectivity index (χ1n) is 6.53. The van der Waals surface area contributed by atoms with Crippen LogP contribution in [0.25, 0.3) is 0 Å². The minimum Gasteiger partial charge on any atom is -0.123 e. The minimum atomic E-state index is 0.360. The Hall–Kier alpha value is -0.140. The molecule has 1 aliphatic rings. The van der Waals surface area contributed by atoms with Crippen LogP contribution in [-0.4, -0.2) is 10.6 Å². The summed E-state index contributed by atoms with van der Waals surface area (Å²) < 4.78 is 0. The van der Waals surface area contributed by atoms with Gasteiger partial charge in [0.25, 0.3) is 0 Å². The molecular weight excluding hydrogens is 248 g/mol. The van der Waals surface area contributed by atoms with Gasteiger partial charge in [-0.1, -0.05) is 32.0 Å². The van der Waals surface area contributed by atoms with Gasteiger partial charge in [-0.2, -0.15) is 0 Å². The molecule has 2 unspecified atom stereocenters. The SMILES string of the molecule is CC(C)CC(Cl)CCC1Cc2ccccc2S1. The third-order valence-electron chi connectivity index (χ3n) is 3.24. The van der Waals surface area contributed by atoms with Crippen LogP contribution >= 0.6 is 23.4 Å². The largest absolute Gasteiger partial charge is 0.123 e. The number of fused-ring (bicyclic) bond motifs is 1. The van der Waals surface area contributed by atoms with Crippen LogP contribution in [-0.2, 0) is 6.42 Å². The van der Waals surface area contributed by atoms with Crippen molar-refractivity contribution in [2.75, 3.05) is 0 Å². The monoisotopic (exact) mass is 268 g/mol. The van der Waals surface area contributed by atoms with Gasteiger partial charge in [-0.25, -0.2) is 0 Å². The molecule has 2 rings (SSSR count). The molecule has 1 heterocycles. The smallest absolute Gasteiger partial charge is 0.0338 e. The Morgan fingerprint density at radius 3 is 2.82 bits per heavy atom. The lowest BCUT2D eigenvalue weighted by atomic mass is 10.0. The molecule has 0 aromatic heterocycles. The second-order valence-electron chi connectivity index (χ2n) is 5.36. The van der Waals surface area contributed by atoms with E-state index in [1.165, 1.54) is 23.3 Å². The van der Waals surface area contributed by atoms with Crippen LogP contribution in [0.1, 0.15) is 38.7 Å². The molecule has 0 saturated heterocycles. The molecule has 0 radical (unpaired) electrons. The Labute approximate surface area is 114 Å². The molecule has 2 heteroatoms. The zero-order valence-corrected chi connectivity index (χ0v) is 12.2. The molecule has 0 amide bonds. The molecule has 1 aromatic rings. The highest BCUT2D eigenvalue weighted by Gasteiger charge is 2.22. The van der Waals surface area contributed by atoms with E-state index in [4.69, 9.17) is 11.6 Å². The summed E-state index contributed by atoms with van der Waals surface area (Å²) in [6.45, 7) is 4.49. The number of benzene rings is 1. The average Bonchev–Trinajstić information content (AvgIpc) is 2.68. The molecule has 2 atom stereocenters. The predicted molar refractivity (Wildman–Crippen MR) is 78.1 cm³/mol. The predicted octanol–water partition coefficient (Wildman–Crippen LogP) is 5.14. The van der Waals surface area contributed by atoms with Crippen molar-refractivity contribution in [1.82, 2.24) is 0 Å². The van der Waals surface area contributed by atoms with Crippen LogP contribution in [0.5, 0.6) is 0 Å². The molecule has 0 spiro atoms. The molecule has 1 aromatic carbocycles. The van der Waals surface area contributed by atoms with Gasteiger partial charge in [-0.05, 0) is 43.2 Å². The second kappa shape index (κ2) is 6.15. The summed E-state index contributed by atoms with van der Waals surface area (Å²) in [5.41, 5.74) is 1.53. The van der Waals surface area contributed by atoms with Gasteiger partial charge in [0.2, 0.25) is 0 Å². The van der Waals surface area contributed by atoms with Crippen LogP contribution in [0.3, 0.4) is 0 Å². The van der Waals surface area contributed by atoms with E-state index in [0.29, 0.717) is 11.3 Å². The van der Waals surface area contributed by atoms with Gasteiger partial charge < -0.3 is 0 Å². The first kappa shape index (κ1) is 13.3. The number of hydrogen-bond acceptors (Lipinski definition) is 1. The number of halogens is 1. The van der Waals surface area contributed by atoms with Crippen molar-refractivity contribution in [2.24, 2.45) is 5.92 Å². The summed E-state index contributed by atoms with van der Waals surface area (Å²) in [5.74, 6) is 0.714.